The van der Waals surface area contributed by atoms with E-state index >= 15 is 0 Å². The van der Waals surface area contributed by atoms with Gasteiger partial charge in [-0.05, 0) is 31.2 Å². The number of nitrogen functional groups attached to an aromatic ring is 1. The summed E-state index contributed by atoms with van der Waals surface area (Å²) in [4.78, 5) is 4.33. The maximum atomic E-state index is 5.71. The SMILES string of the molecule is Cc1ccc(-c2ncc3cc(N)ccn23)o1. The van der Waals surface area contributed by atoms with Crippen LogP contribution in [0.25, 0.3) is 17.1 Å². The van der Waals surface area contributed by atoms with Crippen molar-refractivity contribution in [1.82, 2.24) is 9.38 Å². The second kappa shape index (κ2) is 3.13. The van der Waals surface area contributed by atoms with E-state index in [1.807, 2.05) is 41.8 Å². The van der Waals surface area contributed by atoms with Crippen molar-refractivity contribution in [2.45, 2.75) is 6.92 Å². The molecule has 3 aromatic heterocycles. The average molecular weight is 213 g/mol. The number of hydrogen-bond acceptors (Lipinski definition) is 3. The van der Waals surface area contributed by atoms with E-state index in [2.05, 4.69) is 4.98 Å². The summed E-state index contributed by atoms with van der Waals surface area (Å²) in [5.74, 6) is 2.44. The third-order valence-electron chi connectivity index (χ3n) is 2.52. The summed E-state index contributed by atoms with van der Waals surface area (Å²) in [6.07, 6.45) is 3.68. The zero-order valence-corrected chi connectivity index (χ0v) is 8.84. The lowest BCUT2D eigenvalue weighted by atomic mass is 10.3. The first-order chi connectivity index (χ1) is 7.74. The Morgan fingerprint density at radius 1 is 1.31 bits per heavy atom. The summed E-state index contributed by atoms with van der Waals surface area (Å²) in [6.45, 7) is 1.91. The Morgan fingerprint density at radius 2 is 2.19 bits per heavy atom. The number of aromatic nitrogens is 2. The van der Waals surface area contributed by atoms with Crippen molar-refractivity contribution in [1.29, 1.82) is 0 Å². The van der Waals surface area contributed by atoms with Crippen LogP contribution in [0.15, 0.2) is 41.1 Å². The quantitative estimate of drug-likeness (QED) is 0.675. The standard InChI is InChI=1S/C12H11N3O/c1-8-2-3-11(16-8)12-14-7-10-6-9(13)4-5-15(10)12/h2-7H,13H2,1H3. The molecular weight excluding hydrogens is 202 g/mol. The third kappa shape index (κ3) is 1.27. The highest BCUT2D eigenvalue weighted by atomic mass is 16.3. The van der Waals surface area contributed by atoms with Crippen LogP contribution in [0.5, 0.6) is 0 Å². The molecule has 80 valence electrons. The lowest BCUT2D eigenvalue weighted by Crippen LogP contribution is -1.90. The highest BCUT2D eigenvalue weighted by molar-refractivity contribution is 5.62. The second-order valence-corrected chi connectivity index (χ2v) is 3.75. The molecule has 0 radical (unpaired) electrons. The van der Waals surface area contributed by atoms with Crippen LogP contribution in [0.1, 0.15) is 5.76 Å². The second-order valence-electron chi connectivity index (χ2n) is 3.75. The van der Waals surface area contributed by atoms with Gasteiger partial charge < -0.3 is 10.2 Å². The van der Waals surface area contributed by atoms with E-state index in [-0.39, 0.29) is 0 Å². The fourth-order valence-electron chi connectivity index (χ4n) is 1.75. The lowest BCUT2D eigenvalue weighted by Gasteiger charge is -1.99. The van der Waals surface area contributed by atoms with E-state index in [9.17, 15) is 0 Å². The molecule has 0 saturated heterocycles. The van der Waals surface area contributed by atoms with Crippen molar-refractivity contribution in [2.75, 3.05) is 5.73 Å². The molecule has 0 saturated carbocycles. The van der Waals surface area contributed by atoms with Crippen LogP contribution < -0.4 is 5.73 Å². The van der Waals surface area contributed by atoms with Crippen molar-refractivity contribution < 1.29 is 4.42 Å². The van der Waals surface area contributed by atoms with Crippen LogP contribution in [0.3, 0.4) is 0 Å². The fourth-order valence-corrected chi connectivity index (χ4v) is 1.75. The predicted octanol–water partition coefficient (Wildman–Crippen LogP) is 2.48. The first-order valence-corrected chi connectivity index (χ1v) is 5.03. The minimum atomic E-state index is 0.731. The highest BCUT2D eigenvalue weighted by Gasteiger charge is 2.09. The highest BCUT2D eigenvalue weighted by Crippen LogP contribution is 2.22. The molecule has 4 nitrogen and oxygen atoms in total. The van der Waals surface area contributed by atoms with Crippen LogP contribution >= 0.6 is 0 Å². The maximum Gasteiger partial charge on any atom is 0.180 e. The van der Waals surface area contributed by atoms with Gasteiger partial charge in [-0.2, -0.15) is 0 Å². The minimum Gasteiger partial charge on any atom is -0.458 e. The summed E-state index contributed by atoms with van der Waals surface area (Å²) in [7, 11) is 0. The normalized spacial score (nSPS) is 11.1. The molecule has 16 heavy (non-hydrogen) atoms. The Kier molecular flexibility index (Phi) is 1.77. The van der Waals surface area contributed by atoms with Crippen molar-refractivity contribution in [3.05, 3.63) is 42.4 Å². The third-order valence-corrected chi connectivity index (χ3v) is 2.52. The van der Waals surface area contributed by atoms with Gasteiger partial charge in [0, 0.05) is 11.9 Å². The van der Waals surface area contributed by atoms with E-state index in [0.29, 0.717) is 0 Å². The Bertz CT molecular complexity index is 651. The summed E-state index contributed by atoms with van der Waals surface area (Å²) in [5, 5.41) is 0. The Balaban J connectivity index is 2.25. The molecule has 0 aliphatic carbocycles. The molecule has 3 aromatic rings. The topological polar surface area (TPSA) is 56.5 Å². The van der Waals surface area contributed by atoms with Gasteiger partial charge in [0.2, 0.25) is 0 Å². The molecule has 0 aliphatic heterocycles. The van der Waals surface area contributed by atoms with Gasteiger partial charge >= 0.3 is 0 Å². The van der Waals surface area contributed by atoms with E-state index in [1.54, 1.807) is 6.20 Å². The molecule has 0 fully saturated rings. The number of rotatable bonds is 1. The number of nitrogens with zero attached hydrogens (tertiary/aromatic N) is 2. The van der Waals surface area contributed by atoms with Crippen molar-refractivity contribution >= 4 is 11.2 Å². The molecule has 0 bridgehead atoms. The van der Waals surface area contributed by atoms with Crippen molar-refractivity contribution in [2.24, 2.45) is 0 Å². The average Bonchev–Trinajstić information content (AvgIpc) is 2.83. The van der Waals surface area contributed by atoms with Crippen LogP contribution in [-0.2, 0) is 0 Å². The minimum absolute atomic E-state index is 0.731. The predicted molar refractivity (Wildman–Crippen MR) is 62.0 cm³/mol. The first-order valence-electron chi connectivity index (χ1n) is 5.03. The van der Waals surface area contributed by atoms with E-state index in [4.69, 9.17) is 10.2 Å². The van der Waals surface area contributed by atoms with Crippen LogP contribution in [-0.4, -0.2) is 9.38 Å². The monoisotopic (exact) mass is 213 g/mol. The number of hydrogen-bond donors (Lipinski definition) is 1. The lowest BCUT2D eigenvalue weighted by molar-refractivity contribution is 0.544. The van der Waals surface area contributed by atoms with Gasteiger partial charge in [0.05, 0.1) is 11.7 Å². The zero-order chi connectivity index (χ0) is 11.1. The molecule has 3 rings (SSSR count). The van der Waals surface area contributed by atoms with Crippen LogP contribution in [0.2, 0.25) is 0 Å². The zero-order valence-electron chi connectivity index (χ0n) is 8.84. The molecule has 4 heteroatoms. The summed E-state index contributed by atoms with van der Waals surface area (Å²) in [6, 6.07) is 7.56. The van der Waals surface area contributed by atoms with Crippen molar-refractivity contribution in [3.63, 3.8) is 0 Å². The molecule has 0 amide bonds. The molecule has 2 N–H and O–H groups in total. The summed E-state index contributed by atoms with van der Waals surface area (Å²) < 4.78 is 7.50. The van der Waals surface area contributed by atoms with Crippen molar-refractivity contribution in [3.8, 4) is 11.6 Å². The number of anilines is 1. The number of aryl methyl sites for hydroxylation is 1. The number of imidazole rings is 1. The van der Waals surface area contributed by atoms with Crippen LogP contribution in [0.4, 0.5) is 5.69 Å². The molecular formula is C12H11N3O. The van der Waals surface area contributed by atoms with Gasteiger partial charge in [-0.3, -0.25) is 4.40 Å². The molecule has 0 atom stereocenters. The summed E-state index contributed by atoms with van der Waals surface area (Å²) >= 11 is 0. The molecule has 0 unspecified atom stereocenters. The van der Waals surface area contributed by atoms with E-state index in [0.717, 1.165) is 28.5 Å². The number of fused-ring (bicyclic) bond motifs is 1. The van der Waals surface area contributed by atoms with Gasteiger partial charge in [-0.1, -0.05) is 0 Å². The van der Waals surface area contributed by atoms with Gasteiger partial charge in [-0.25, -0.2) is 4.98 Å². The Labute approximate surface area is 92.3 Å². The van der Waals surface area contributed by atoms with Gasteiger partial charge in [0.25, 0.3) is 0 Å². The number of furan rings is 1. The maximum absolute atomic E-state index is 5.71. The van der Waals surface area contributed by atoms with Gasteiger partial charge in [-0.15, -0.1) is 0 Å². The largest absolute Gasteiger partial charge is 0.458 e. The first kappa shape index (κ1) is 9.03. The number of pyridine rings is 1. The smallest absolute Gasteiger partial charge is 0.180 e. The van der Waals surface area contributed by atoms with Crippen LogP contribution in [0, 0.1) is 6.92 Å². The van der Waals surface area contributed by atoms with Gasteiger partial charge in [0.15, 0.2) is 11.6 Å². The van der Waals surface area contributed by atoms with E-state index < -0.39 is 0 Å². The summed E-state index contributed by atoms with van der Waals surface area (Å²) in [5.41, 5.74) is 7.40. The fraction of sp³-hybridized carbons (Fsp3) is 0.0833. The molecule has 0 spiro atoms. The molecule has 0 aliphatic rings. The Morgan fingerprint density at radius 3 is 2.94 bits per heavy atom. The van der Waals surface area contributed by atoms with E-state index in [1.165, 1.54) is 0 Å². The molecule has 0 aromatic carbocycles. The number of nitrogens with two attached hydrogens (primary N) is 1. The van der Waals surface area contributed by atoms with Gasteiger partial charge in [0.1, 0.15) is 5.76 Å². The Hall–Kier alpha value is -2.23. The molecule has 3 heterocycles.